The van der Waals surface area contributed by atoms with Crippen molar-refractivity contribution < 1.29 is 19.8 Å². The Labute approximate surface area is 222 Å². The fourth-order valence-corrected chi connectivity index (χ4v) is 7.66. The van der Waals surface area contributed by atoms with Crippen molar-refractivity contribution in [2.75, 3.05) is 44.7 Å². The lowest BCUT2D eigenvalue weighted by Crippen LogP contribution is -2.58. The minimum absolute atomic E-state index is 0.391. The van der Waals surface area contributed by atoms with Gasteiger partial charge in [-0.2, -0.15) is 0 Å². The molecule has 1 aromatic carbocycles. The number of piperidine rings is 1. The van der Waals surface area contributed by atoms with Gasteiger partial charge in [0.05, 0.1) is 0 Å². The van der Waals surface area contributed by atoms with Crippen LogP contribution in [0.4, 0.5) is 5.69 Å². The van der Waals surface area contributed by atoms with Crippen LogP contribution in [0.25, 0.3) is 0 Å². The van der Waals surface area contributed by atoms with Crippen LogP contribution in [0.15, 0.2) is 42.5 Å². The number of nitrogens with zero attached hydrogens (tertiary/aromatic N) is 3. The van der Waals surface area contributed by atoms with Crippen molar-refractivity contribution >= 4 is 17.6 Å². The Morgan fingerprint density at radius 2 is 1.51 bits per heavy atom. The largest absolute Gasteiger partial charge is 0.478 e. The van der Waals surface area contributed by atoms with Gasteiger partial charge in [-0.05, 0) is 75.5 Å². The van der Waals surface area contributed by atoms with Crippen LogP contribution in [-0.2, 0) is 9.59 Å². The molecule has 3 saturated heterocycles. The van der Waals surface area contributed by atoms with Crippen molar-refractivity contribution in [2.24, 2.45) is 23.7 Å². The Balaban J connectivity index is 0.000000349. The van der Waals surface area contributed by atoms with E-state index in [9.17, 15) is 9.59 Å². The maximum atomic E-state index is 9.55. The van der Waals surface area contributed by atoms with Crippen LogP contribution in [0.5, 0.6) is 0 Å². The van der Waals surface area contributed by atoms with Gasteiger partial charge in [-0.15, -0.1) is 0 Å². The highest BCUT2D eigenvalue weighted by Gasteiger charge is 2.57. The monoisotopic (exact) mass is 511 g/mol. The number of para-hydroxylation sites is 1. The third kappa shape index (κ3) is 6.37. The van der Waals surface area contributed by atoms with E-state index in [-0.39, 0.29) is 0 Å². The molecule has 37 heavy (non-hydrogen) atoms. The van der Waals surface area contributed by atoms with Crippen LogP contribution in [0.2, 0.25) is 0 Å². The van der Waals surface area contributed by atoms with Crippen LogP contribution < -0.4 is 4.90 Å². The number of hydrogen-bond acceptors (Lipinski definition) is 5. The second kappa shape index (κ2) is 12.0. The van der Waals surface area contributed by atoms with Crippen LogP contribution in [0, 0.1) is 23.7 Å². The van der Waals surface area contributed by atoms with Crippen LogP contribution in [-0.4, -0.2) is 83.3 Å². The van der Waals surface area contributed by atoms with Crippen molar-refractivity contribution in [1.82, 2.24) is 9.80 Å². The molecule has 1 aromatic rings. The molecule has 0 amide bonds. The van der Waals surface area contributed by atoms with Gasteiger partial charge in [-0.1, -0.05) is 32.0 Å². The zero-order valence-corrected chi connectivity index (χ0v) is 22.8. The first-order chi connectivity index (χ1) is 17.7. The van der Waals surface area contributed by atoms with Crippen LogP contribution in [0.1, 0.15) is 52.4 Å². The summed E-state index contributed by atoms with van der Waals surface area (Å²) in [5, 5.41) is 15.6. The molecule has 3 heterocycles. The number of carbonyl (C=O) groups is 2. The van der Waals surface area contributed by atoms with Gasteiger partial charge >= 0.3 is 11.9 Å². The Hall–Kier alpha value is -2.38. The molecular weight excluding hydrogens is 466 g/mol. The lowest BCUT2D eigenvalue weighted by Gasteiger charge is -2.51. The molecule has 204 valence electrons. The first-order valence-corrected chi connectivity index (χ1v) is 14.1. The third-order valence-electron chi connectivity index (χ3n) is 9.57. The van der Waals surface area contributed by atoms with Gasteiger partial charge in [-0.25, -0.2) is 9.59 Å². The van der Waals surface area contributed by atoms with Gasteiger partial charge in [0.1, 0.15) is 0 Å². The summed E-state index contributed by atoms with van der Waals surface area (Å²) in [5.74, 6) is 1.04. The topological polar surface area (TPSA) is 84.3 Å². The van der Waals surface area contributed by atoms with Crippen molar-refractivity contribution in [3.05, 3.63) is 42.5 Å². The molecule has 7 nitrogen and oxygen atoms in total. The van der Waals surface area contributed by atoms with Crippen molar-refractivity contribution in [3.8, 4) is 0 Å². The third-order valence-corrected chi connectivity index (χ3v) is 9.57. The number of aliphatic carboxylic acids is 2. The second-order valence-corrected chi connectivity index (χ2v) is 12.0. The lowest BCUT2D eigenvalue weighted by molar-refractivity contribution is -0.134. The normalized spacial score (nSPS) is 29.9. The zero-order valence-electron chi connectivity index (χ0n) is 22.8. The first kappa shape index (κ1) is 27.6. The van der Waals surface area contributed by atoms with E-state index in [1.807, 2.05) is 0 Å². The summed E-state index contributed by atoms with van der Waals surface area (Å²) in [6.07, 6.45) is 9.62. The maximum Gasteiger partial charge on any atom is 0.328 e. The Morgan fingerprint density at radius 1 is 0.919 bits per heavy atom. The van der Waals surface area contributed by atoms with Gasteiger partial charge in [0.2, 0.25) is 0 Å². The molecule has 3 aliphatic heterocycles. The molecule has 7 heteroatoms. The Bertz CT molecular complexity index is 917. The summed E-state index contributed by atoms with van der Waals surface area (Å²) < 4.78 is 0. The number of hydrogen-bond donors (Lipinski definition) is 2. The summed E-state index contributed by atoms with van der Waals surface area (Å²) in [5.41, 5.74) is 1.86. The smallest absolute Gasteiger partial charge is 0.328 e. The highest BCUT2D eigenvalue weighted by atomic mass is 16.4. The summed E-state index contributed by atoms with van der Waals surface area (Å²) in [6, 6.07) is 12.2. The quantitative estimate of drug-likeness (QED) is 0.565. The highest BCUT2D eigenvalue weighted by molar-refractivity contribution is 5.89. The second-order valence-electron chi connectivity index (χ2n) is 12.0. The predicted molar refractivity (Wildman–Crippen MR) is 147 cm³/mol. The predicted octanol–water partition coefficient (Wildman–Crippen LogP) is 4.45. The number of carboxylic acid groups (broad SMARTS) is 2. The summed E-state index contributed by atoms with van der Waals surface area (Å²) in [4.78, 5) is 27.4. The van der Waals surface area contributed by atoms with E-state index in [1.165, 1.54) is 76.9 Å². The van der Waals surface area contributed by atoms with E-state index in [0.717, 1.165) is 29.7 Å². The van der Waals surface area contributed by atoms with E-state index in [0.29, 0.717) is 17.7 Å². The number of anilines is 1. The van der Waals surface area contributed by atoms with Gasteiger partial charge in [0.15, 0.2) is 0 Å². The first-order valence-electron chi connectivity index (χ1n) is 14.1. The minimum Gasteiger partial charge on any atom is -0.478 e. The van der Waals surface area contributed by atoms with E-state index < -0.39 is 11.9 Å². The van der Waals surface area contributed by atoms with Crippen LogP contribution in [0.3, 0.4) is 0 Å². The van der Waals surface area contributed by atoms with Crippen molar-refractivity contribution in [3.63, 3.8) is 0 Å². The average Bonchev–Trinajstić information content (AvgIpc) is 3.39. The molecule has 0 aromatic heterocycles. The molecule has 4 aliphatic rings. The molecule has 1 saturated carbocycles. The maximum absolute atomic E-state index is 9.55. The summed E-state index contributed by atoms with van der Waals surface area (Å²) >= 11 is 0. The number of likely N-dealkylation sites (tertiary alicyclic amines) is 2. The molecule has 1 aliphatic carbocycles. The van der Waals surface area contributed by atoms with Crippen molar-refractivity contribution in [1.29, 1.82) is 0 Å². The molecule has 0 bridgehead atoms. The molecule has 0 unspecified atom stereocenters. The molecule has 4 fully saturated rings. The molecule has 2 N–H and O–H groups in total. The average molecular weight is 512 g/mol. The van der Waals surface area contributed by atoms with Gasteiger partial charge in [0.25, 0.3) is 0 Å². The Morgan fingerprint density at radius 3 is 2.05 bits per heavy atom. The van der Waals surface area contributed by atoms with E-state index >= 15 is 0 Å². The Kier molecular flexibility index (Phi) is 8.96. The number of rotatable bonds is 5. The van der Waals surface area contributed by atoms with Crippen molar-refractivity contribution in [2.45, 2.75) is 64.0 Å². The number of fused-ring (bicyclic) bond motifs is 2. The lowest BCUT2D eigenvalue weighted by atomic mass is 9.73. The fraction of sp³-hybridized carbons (Fsp3) is 0.667. The van der Waals surface area contributed by atoms with E-state index in [2.05, 4.69) is 65.9 Å². The number of carboxylic acids is 2. The van der Waals surface area contributed by atoms with E-state index in [4.69, 9.17) is 10.2 Å². The van der Waals surface area contributed by atoms with Gasteiger partial charge in [-0.3, -0.25) is 0 Å². The van der Waals surface area contributed by atoms with E-state index in [1.54, 1.807) is 0 Å². The standard InChI is InChI=1S/C26H41N3.C4H4O4/c1-20(2)21-9-11-23(12-10-21)28-15-13-26(14-16-28)25-19-27(3)17-22(25)18-29(26)24-7-5-4-6-8-24;5-3(6)1-2-4(7)8/h4-8,20-23,25H,9-19H2,1-3H3;1-2H,(H,5,6)(H,7,8)/b;2-1+/t21?,22-,23?,25-;/m1./s1. The summed E-state index contributed by atoms with van der Waals surface area (Å²) in [7, 11) is 2.33. The number of benzene rings is 1. The van der Waals surface area contributed by atoms with Crippen LogP contribution >= 0.6 is 0 Å². The fourth-order valence-electron chi connectivity index (χ4n) is 7.66. The molecule has 1 spiro atoms. The molecule has 0 radical (unpaired) electrons. The highest BCUT2D eigenvalue weighted by Crippen LogP contribution is 2.51. The minimum atomic E-state index is -1.26. The summed E-state index contributed by atoms with van der Waals surface area (Å²) in [6.45, 7) is 11.3. The van der Waals surface area contributed by atoms with Gasteiger partial charge in [0, 0.05) is 68.1 Å². The SMILES string of the molecule is CC(C)C1CCC(N2CCC3(CC2)[C@@H]2CN(C)C[C@@H]2CN3c2ccccc2)CC1.O=C(O)/C=C/C(=O)O. The van der Waals surface area contributed by atoms with Gasteiger partial charge < -0.3 is 24.9 Å². The molecule has 5 rings (SSSR count). The molecule has 2 atom stereocenters. The molecular formula is C30H45N3O4. The zero-order chi connectivity index (χ0) is 26.6.